The predicted octanol–water partition coefficient (Wildman–Crippen LogP) is 1.93. The average molecular weight is 938 g/mol. The maximum atomic E-state index is 11.5. The van der Waals surface area contributed by atoms with Gasteiger partial charge in [-0.2, -0.15) is 0 Å². The minimum atomic E-state index is -0.511. The Morgan fingerprint density at radius 1 is 0.661 bits per heavy atom. The predicted molar refractivity (Wildman–Crippen MR) is 233 cm³/mol. The normalized spacial score (nSPS) is 22.3. The van der Waals surface area contributed by atoms with Gasteiger partial charge in [-0.15, -0.1) is 0 Å². The molecule has 316 valence electrons. The first-order chi connectivity index (χ1) is 27.2. The van der Waals surface area contributed by atoms with Crippen molar-refractivity contribution < 1.29 is 79.2 Å². The summed E-state index contributed by atoms with van der Waals surface area (Å²) in [5.74, 6) is 0.782. The molecule has 0 amide bonds. The van der Waals surface area contributed by atoms with Gasteiger partial charge < -0.3 is 50.4 Å². The molecule has 6 aromatic heterocycles. The monoisotopic (exact) mass is 937 g/mol. The number of nitrogen functional groups attached to an aromatic ring is 2. The Labute approximate surface area is 392 Å². The quantitative estimate of drug-likeness (QED) is 0.131. The van der Waals surface area contributed by atoms with Crippen LogP contribution in [0.1, 0.15) is 64.6 Å². The van der Waals surface area contributed by atoms with E-state index in [1.807, 2.05) is 9.13 Å². The van der Waals surface area contributed by atoms with Gasteiger partial charge in [0.15, 0.2) is 34.1 Å². The molecule has 3 aliphatic heterocycles. The van der Waals surface area contributed by atoms with Crippen LogP contribution < -0.4 is 68.4 Å². The summed E-state index contributed by atoms with van der Waals surface area (Å²) >= 11 is 0. The third kappa shape index (κ3) is 12.2. The first kappa shape index (κ1) is 50.2. The molecule has 22 nitrogen and oxygen atoms in total. The zero-order valence-corrected chi connectivity index (χ0v) is 40.2. The number of aromatic amines is 1. The molecule has 7 N–H and O–H groups in total. The van der Waals surface area contributed by atoms with Gasteiger partial charge in [-0.3, -0.25) is 18.5 Å². The maximum absolute atomic E-state index is 11.5. The number of ether oxygens (including phenoxy) is 3. The Morgan fingerprint density at radius 2 is 1.07 bits per heavy atom. The summed E-state index contributed by atoms with van der Waals surface area (Å²) in [6.07, 6.45) is 14.8. The molecule has 6 aromatic rings. The number of nitrogens with one attached hydrogen (secondary N) is 1. The summed E-state index contributed by atoms with van der Waals surface area (Å²) in [6, 6.07) is 0. The van der Waals surface area contributed by atoms with Crippen molar-refractivity contribution in [2.75, 3.05) is 31.3 Å². The summed E-state index contributed by atoms with van der Waals surface area (Å²) in [5.41, 5.74) is 14.9. The van der Waals surface area contributed by atoms with Crippen molar-refractivity contribution in [1.82, 2.24) is 58.6 Å². The van der Waals surface area contributed by atoms with E-state index in [1.54, 1.807) is 23.5 Å². The SMILES string of the molecule is C.Nc1ncnc2c1ncn2[C@H]1CC[C@@H](COP(P)P)O1.Nc1ncnc2c1ncn2[C@H]1CC[C@@H](COP)O1.O=c1[nH]cnc2c1ncn2[C@H]1CC[C@@H](COP)O1.[K+].[NH2-]. The van der Waals surface area contributed by atoms with Crippen LogP contribution in [-0.2, 0) is 27.8 Å². The van der Waals surface area contributed by atoms with Crippen LogP contribution in [0.5, 0.6) is 0 Å². The van der Waals surface area contributed by atoms with Crippen LogP contribution in [0.3, 0.4) is 0 Å². The fourth-order valence-electron chi connectivity index (χ4n) is 6.66. The molecule has 0 spiro atoms. The molecule has 0 aromatic carbocycles. The number of nitrogens with zero attached hydrogens (tertiary/aromatic N) is 11. The van der Waals surface area contributed by atoms with Gasteiger partial charge in [-0.1, -0.05) is 25.3 Å². The van der Waals surface area contributed by atoms with E-state index in [-0.39, 0.29) is 108 Å². The Kier molecular flexibility index (Phi) is 20.3. The van der Waals surface area contributed by atoms with Crippen molar-refractivity contribution in [2.45, 2.75) is 82.9 Å². The van der Waals surface area contributed by atoms with Crippen molar-refractivity contribution in [3.63, 3.8) is 0 Å². The zero-order chi connectivity index (χ0) is 39.2. The third-order valence-electron chi connectivity index (χ3n) is 9.30. The molecule has 4 unspecified atom stereocenters. The van der Waals surface area contributed by atoms with E-state index in [0.29, 0.717) is 64.9 Å². The Bertz CT molecular complexity index is 2290. The number of hydrogen-bond donors (Lipinski definition) is 3. The van der Waals surface area contributed by atoms with E-state index in [9.17, 15) is 4.79 Å². The molecule has 0 bridgehead atoms. The van der Waals surface area contributed by atoms with Gasteiger partial charge in [-0.25, -0.2) is 39.9 Å². The number of aromatic nitrogens is 12. The van der Waals surface area contributed by atoms with Gasteiger partial charge in [0.2, 0.25) is 0 Å². The summed E-state index contributed by atoms with van der Waals surface area (Å²) in [5, 5.41) is 0. The molecule has 3 saturated heterocycles. The van der Waals surface area contributed by atoms with Crippen molar-refractivity contribution >= 4 is 89.4 Å². The minimum Gasteiger partial charge on any atom is -0.693 e. The van der Waals surface area contributed by atoms with E-state index in [4.69, 9.17) is 39.2 Å². The topological polar surface area (TPSA) is 292 Å². The van der Waals surface area contributed by atoms with Gasteiger partial charge in [0.05, 0.1) is 71.0 Å². The van der Waals surface area contributed by atoms with Crippen LogP contribution >= 0.6 is 44.3 Å². The number of fused-ring (bicyclic) bond motifs is 3. The Morgan fingerprint density at radius 3 is 1.49 bits per heavy atom. The summed E-state index contributed by atoms with van der Waals surface area (Å²) in [6.45, 7) is 1.73. The molecule has 0 aliphatic carbocycles. The number of anilines is 2. The van der Waals surface area contributed by atoms with Gasteiger partial charge in [0.25, 0.3) is 5.56 Å². The second kappa shape index (κ2) is 23.8. The van der Waals surface area contributed by atoms with Crippen molar-refractivity contribution in [3.8, 4) is 0 Å². The van der Waals surface area contributed by atoms with E-state index in [0.717, 1.165) is 38.5 Å². The number of H-pyrrole nitrogens is 1. The molecule has 3 fully saturated rings. The third-order valence-corrected chi connectivity index (χ3v) is 11.0. The van der Waals surface area contributed by atoms with Crippen molar-refractivity contribution in [3.05, 3.63) is 54.5 Å². The molecule has 3 aliphatic rings. The molecule has 10 atom stereocenters. The minimum absolute atomic E-state index is 0. The second-order valence-corrected chi connectivity index (χ2v) is 19.4. The first-order valence-corrected chi connectivity index (χ1v) is 23.0. The van der Waals surface area contributed by atoms with E-state index in [2.05, 4.69) is 81.6 Å². The molecule has 0 radical (unpaired) electrons. The number of hydrogen-bond acceptors (Lipinski definition) is 17. The van der Waals surface area contributed by atoms with Crippen LogP contribution in [0.4, 0.5) is 11.6 Å². The van der Waals surface area contributed by atoms with E-state index in [1.165, 1.54) is 19.0 Å². The first-order valence-electron chi connectivity index (χ1n) is 17.5. The fraction of sp³-hybridized carbons (Fsp3) is 0.516. The van der Waals surface area contributed by atoms with Gasteiger partial charge in [0, 0.05) is 18.9 Å². The van der Waals surface area contributed by atoms with Crippen LogP contribution in [0.2, 0.25) is 0 Å². The number of imidazole rings is 3. The smallest absolute Gasteiger partial charge is 0.693 e. The molecule has 9 heterocycles. The summed E-state index contributed by atoms with van der Waals surface area (Å²) < 4.78 is 38.9. The standard InChI is InChI=1S/C10H16N5O2P3.C10H14N5O2P.C10H13N4O3P.CH4.K.H2N/c11-9-8-10(13-4-12-9)15(5-14-8)7-2-1-6(17-7)3-16-20(18)19;11-9-8-10(13-4-12-9)15(5-14-8)7-2-1-6(17-7)3-16-18;15-10-8-9(11-4-12-10)14(5-13-8)7-2-1-6(17-7)3-16-18;;;/h4-7H,1-3,18-19H2,(H2,11,12,13);4-7H,1-3,18H2,(H2,11,12,13);4-7H,1-3,18H2,(H,11,12,15);1H4;;1H2/q;;;;+1;-1/t3*6-,7+;;;/m000.../s1. The number of rotatable bonds is 10. The van der Waals surface area contributed by atoms with Crippen LogP contribution in [0.25, 0.3) is 39.6 Å². The molecular formula is C31H49KN15O7P5. The van der Waals surface area contributed by atoms with Crippen LogP contribution in [0.15, 0.2) is 42.8 Å². The van der Waals surface area contributed by atoms with Crippen LogP contribution in [0, 0.1) is 0 Å². The van der Waals surface area contributed by atoms with Crippen LogP contribution in [-0.4, -0.2) is 96.7 Å². The molecule has 0 saturated carbocycles. The van der Waals surface area contributed by atoms with Gasteiger partial charge in [0.1, 0.15) is 42.4 Å². The Hall–Kier alpha value is -1.44. The molecule has 59 heavy (non-hydrogen) atoms. The van der Waals surface area contributed by atoms with Gasteiger partial charge in [-0.05, 0) is 38.5 Å². The van der Waals surface area contributed by atoms with Crippen molar-refractivity contribution in [1.29, 1.82) is 0 Å². The summed E-state index contributed by atoms with van der Waals surface area (Å²) in [7, 11) is 9.23. The average Bonchev–Trinajstić information content (AvgIpc) is 4.03. The van der Waals surface area contributed by atoms with Crippen molar-refractivity contribution in [2.24, 2.45) is 0 Å². The van der Waals surface area contributed by atoms with Gasteiger partial charge >= 0.3 is 51.4 Å². The summed E-state index contributed by atoms with van der Waals surface area (Å²) in [4.78, 5) is 47.1. The fourth-order valence-corrected chi connectivity index (χ4v) is 7.95. The van der Waals surface area contributed by atoms with E-state index < -0.39 is 7.53 Å². The second-order valence-electron chi connectivity index (χ2n) is 12.9. The molecular weight excluding hydrogens is 888 g/mol. The largest absolute Gasteiger partial charge is 1.00 e. The molecule has 9 rings (SSSR count). The molecule has 28 heteroatoms. The van der Waals surface area contributed by atoms with E-state index >= 15 is 0 Å². The Balaban J connectivity index is 0.000000191. The maximum Gasteiger partial charge on any atom is 1.00 e. The zero-order valence-electron chi connectivity index (χ0n) is 31.6. The number of nitrogens with two attached hydrogens (primary N) is 3.